The van der Waals surface area contributed by atoms with Crippen LogP contribution >= 0.6 is 0 Å². The second-order valence-corrected chi connectivity index (χ2v) is 7.23. The number of hydrogen-bond acceptors (Lipinski definition) is 6. The third kappa shape index (κ3) is 5.43. The quantitative estimate of drug-likeness (QED) is 0.283. The van der Waals surface area contributed by atoms with Crippen LogP contribution in [-0.2, 0) is 26.1 Å². The Bertz CT molecular complexity index is 892. The smallest absolute Gasteiger partial charge is 0.120 e. The lowest BCUT2D eigenvalue weighted by molar-refractivity contribution is 0.121. The summed E-state index contributed by atoms with van der Waals surface area (Å²) in [6.45, 7) is 6.09. The van der Waals surface area contributed by atoms with Gasteiger partial charge in [0.2, 0.25) is 0 Å². The van der Waals surface area contributed by atoms with Crippen molar-refractivity contribution in [1.29, 1.82) is 0 Å². The van der Waals surface area contributed by atoms with Gasteiger partial charge in [-0.2, -0.15) is 0 Å². The Labute approximate surface area is 175 Å². The zero-order valence-corrected chi connectivity index (χ0v) is 17.1. The Morgan fingerprint density at radius 3 is 1.60 bits per heavy atom. The second-order valence-electron chi connectivity index (χ2n) is 7.23. The van der Waals surface area contributed by atoms with Crippen LogP contribution in [0.5, 0.6) is 0 Å². The molecule has 0 aliphatic carbocycles. The first-order valence-corrected chi connectivity index (χ1v) is 10.2. The number of H-pyrrole nitrogens is 4. The molecule has 30 heavy (non-hydrogen) atoms. The maximum atomic E-state index is 4.47. The molecule has 4 N–H and O–H groups in total. The van der Waals surface area contributed by atoms with E-state index in [2.05, 4.69) is 56.6 Å². The molecule has 0 saturated heterocycles. The predicted octanol–water partition coefficient (Wildman–Crippen LogP) is 1.71. The number of imidazole rings is 4. The van der Waals surface area contributed by atoms with Gasteiger partial charge in [-0.15, -0.1) is 0 Å². The van der Waals surface area contributed by atoms with Crippen LogP contribution in [0.4, 0.5) is 0 Å². The van der Waals surface area contributed by atoms with Crippen LogP contribution in [0.15, 0.2) is 49.6 Å². The van der Waals surface area contributed by atoms with Crippen molar-refractivity contribution in [3.63, 3.8) is 0 Å². The zero-order valence-electron chi connectivity index (χ0n) is 17.1. The van der Waals surface area contributed by atoms with E-state index in [0.29, 0.717) is 13.1 Å². The van der Waals surface area contributed by atoms with Gasteiger partial charge < -0.3 is 19.9 Å². The molecule has 0 amide bonds. The molecule has 0 bridgehead atoms. The van der Waals surface area contributed by atoms with Crippen LogP contribution in [0.1, 0.15) is 30.2 Å². The molecule has 0 aromatic carbocycles. The van der Waals surface area contributed by atoms with Crippen molar-refractivity contribution in [2.75, 3.05) is 13.1 Å². The van der Waals surface area contributed by atoms with Gasteiger partial charge in [-0.3, -0.25) is 9.80 Å². The van der Waals surface area contributed by atoms with Gasteiger partial charge in [0.05, 0.1) is 19.6 Å². The molecule has 0 radical (unpaired) electrons. The normalized spacial score (nSPS) is 12.8. The first-order valence-electron chi connectivity index (χ1n) is 10.2. The maximum absolute atomic E-state index is 4.47. The molecule has 10 heteroatoms. The van der Waals surface area contributed by atoms with Crippen molar-refractivity contribution in [2.24, 2.45) is 0 Å². The number of hydrogen-bond donors (Lipinski definition) is 4. The molecule has 4 rings (SSSR count). The topological polar surface area (TPSA) is 121 Å². The lowest BCUT2D eigenvalue weighted by Crippen LogP contribution is -2.45. The first kappa shape index (κ1) is 20.0. The average molecular weight is 409 g/mol. The molecule has 0 spiro atoms. The number of aromatic nitrogens is 8. The summed E-state index contributed by atoms with van der Waals surface area (Å²) >= 11 is 0. The molecule has 0 saturated carbocycles. The van der Waals surface area contributed by atoms with E-state index in [1.807, 2.05) is 24.8 Å². The van der Waals surface area contributed by atoms with Crippen molar-refractivity contribution < 1.29 is 0 Å². The monoisotopic (exact) mass is 408 g/mol. The number of aromatic amines is 4. The molecule has 0 aliphatic rings. The molecule has 10 nitrogen and oxygen atoms in total. The summed E-state index contributed by atoms with van der Waals surface area (Å²) in [5.41, 5.74) is 0. The third-order valence-corrected chi connectivity index (χ3v) is 5.14. The highest BCUT2D eigenvalue weighted by molar-refractivity contribution is 4.97. The van der Waals surface area contributed by atoms with E-state index in [9.17, 15) is 0 Å². The van der Waals surface area contributed by atoms with E-state index in [4.69, 9.17) is 0 Å². The van der Waals surface area contributed by atoms with E-state index < -0.39 is 0 Å². The molecule has 4 heterocycles. The number of rotatable bonds is 12. The number of nitrogens with one attached hydrogen (secondary N) is 4. The summed E-state index contributed by atoms with van der Waals surface area (Å²) in [5.74, 6) is 3.82. The molecule has 1 unspecified atom stereocenters. The molecule has 0 aliphatic heterocycles. The van der Waals surface area contributed by atoms with E-state index in [-0.39, 0.29) is 6.04 Å². The van der Waals surface area contributed by atoms with Crippen LogP contribution < -0.4 is 0 Å². The van der Waals surface area contributed by atoms with Gasteiger partial charge >= 0.3 is 0 Å². The highest BCUT2D eigenvalue weighted by Gasteiger charge is 2.24. The molecular formula is C20H28N10. The van der Waals surface area contributed by atoms with Gasteiger partial charge in [0, 0.05) is 68.6 Å². The average Bonchev–Trinajstić information content (AvgIpc) is 3.55. The zero-order chi connectivity index (χ0) is 20.6. The Morgan fingerprint density at radius 2 is 1.17 bits per heavy atom. The van der Waals surface area contributed by atoms with Gasteiger partial charge in [-0.05, 0) is 6.54 Å². The lowest BCUT2D eigenvalue weighted by atomic mass is 10.1. The Hall–Kier alpha value is -3.24. The highest BCUT2D eigenvalue weighted by Crippen LogP contribution is 2.14. The van der Waals surface area contributed by atoms with E-state index >= 15 is 0 Å². The molecule has 158 valence electrons. The summed E-state index contributed by atoms with van der Waals surface area (Å²) in [6.07, 6.45) is 15.4. The molecule has 4 aromatic heterocycles. The van der Waals surface area contributed by atoms with Crippen LogP contribution in [0.25, 0.3) is 0 Å². The largest absolute Gasteiger partial charge is 0.349 e. The molecule has 1 atom stereocenters. The SMILES string of the molecule is CCN(Cc1ncc[nH]1)C(Cc1ncc[nH]1)CN(Cc1ncc[nH]1)Cc1ncc[nH]1. The maximum Gasteiger partial charge on any atom is 0.120 e. The fraction of sp³-hybridized carbons (Fsp3) is 0.400. The first-order chi connectivity index (χ1) is 14.8. The van der Waals surface area contributed by atoms with Crippen LogP contribution in [0.3, 0.4) is 0 Å². The van der Waals surface area contributed by atoms with Crippen LogP contribution in [0.2, 0.25) is 0 Å². The third-order valence-electron chi connectivity index (χ3n) is 5.14. The fourth-order valence-corrected chi connectivity index (χ4v) is 3.69. The van der Waals surface area contributed by atoms with E-state index in [0.717, 1.165) is 49.4 Å². The minimum atomic E-state index is 0.233. The van der Waals surface area contributed by atoms with Crippen molar-refractivity contribution in [3.8, 4) is 0 Å². The van der Waals surface area contributed by atoms with Crippen molar-refractivity contribution in [1.82, 2.24) is 49.7 Å². The van der Waals surface area contributed by atoms with Gasteiger partial charge in [0.1, 0.15) is 23.3 Å². The lowest BCUT2D eigenvalue weighted by Gasteiger charge is -2.34. The highest BCUT2D eigenvalue weighted by atomic mass is 15.2. The number of likely N-dealkylation sites (N-methyl/N-ethyl adjacent to an activating group) is 1. The minimum Gasteiger partial charge on any atom is -0.349 e. The van der Waals surface area contributed by atoms with Crippen molar-refractivity contribution in [3.05, 3.63) is 72.9 Å². The predicted molar refractivity (Wildman–Crippen MR) is 112 cm³/mol. The summed E-state index contributed by atoms with van der Waals surface area (Å²) in [7, 11) is 0. The fourth-order valence-electron chi connectivity index (χ4n) is 3.69. The summed E-state index contributed by atoms with van der Waals surface area (Å²) in [5, 5.41) is 0. The van der Waals surface area contributed by atoms with Gasteiger partial charge in [-0.1, -0.05) is 6.92 Å². The summed E-state index contributed by atoms with van der Waals surface area (Å²) in [4.78, 5) is 35.4. The number of nitrogens with zero attached hydrogens (tertiary/aromatic N) is 6. The second kappa shape index (κ2) is 9.99. The van der Waals surface area contributed by atoms with Gasteiger partial charge in [-0.25, -0.2) is 19.9 Å². The molecule has 0 fully saturated rings. The Kier molecular flexibility index (Phi) is 6.68. The van der Waals surface area contributed by atoms with E-state index in [1.165, 1.54) is 0 Å². The molecular weight excluding hydrogens is 380 g/mol. The van der Waals surface area contributed by atoms with E-state index in [1.54, 1.807) is 24.8 Å². The molecule has 4 aromatic rings. The Balaban J connectivity index is 1.54. The minimum absolute atomic E-state index is 0.233. The summed E-state index contributed by atoms with van der Waals surface area (Å²) < 4.78 is 0. The van der Waals surface area contributed by atoms with Crippen molar-refractivity contribution >= 4 is 0 Å². The Morgan fingerprint density at radius 1 is 0.700 bits per heavy atom. The van der Waals surface area contributed by atoms with Crippen LogP contribution in [-0.4, -0.2) is 68.8 Å². The van der Waals surface area contributed by atoms with Gasteiger partial charge in [0.25, 0.3) is 0 Å². The van der Waals surface area contributed by atoms with Crippen molar-refractivity contribution in [2.45, 2.75) is 39.0 Å². The summed E-state index contributed by atoms with van der Waals surface area (Å²) in [6, 6.07) is 0.233. The van der Waals surface area contributed by atoms with Crippen LogP contribution in [0, 0.1) is 0 Å². The van der Waals surface area contributed by atoms with Gasteiger partial charge in [0.15, 0.2) is 0 Å². The standard InChI is InChI=1S/C20H28N10/c1-2-30(15-20-27-9-10-28-20)16(11-17-21-3-4-22-17)12-29(13-18-23-5-6-24-18)14-19-25-7-8-26-19/h3-10,16H,2,11-15H2,1H3,(H,21,22)(H,23,24)(H,25,26)(H,27,28).